The van der Waals surface area contributed by atoms with Crippen LogP contribution in [0, 0.1) is 6.92 Å². The lowest BCUT2D eigenvalue weighted by Crippen LogP contribution is -2.13. The lowest BCUT2D eigenvalue weighted by Gasteiger charge is -2.09. The number of anilines is 1. The second-order valence-electron chi connectivity index (χ2n) is 6.62. The van der Waals surface area contributed by atoms with E-state index in [0.717, 1.165) is 18.5 Å². The number of hydrogen-bond donors (Lipinski definition) is 2. The molecular weight excluding hydrogens is 400 g/mol. The van der Waals surface area contributed by atoms with Crippen LogP contribution in [0.4, 0.5) is 13.9 Å². The van der Waals surface area contributed by atoms with Crippen molar-refractivity contribution in [2.45, 2.75) is 32.8 Å². The number of benzene rings is 1. The van der Waals surface area contributed by atoms with Crippen molar-refractivity contribution in [2.75, 3.05) is 5.32 Å². The quantitative estimate of drug-likeness (QED) is 0.623. The molecule has 0 radical (unpaired) electrons. The summed E-state index contributed by atoms with van der Waals surface area (Å²) in [6.07, 6.45) is 1.99. The largest absolute Gasteiger partial charge is 0.434 e. The summed E-state index contributed by atoms with van der Waals surface area (Å²) in [6.45, 7) is -1.20. The molecule has 2 aromatic heterocycles. The van der Waals surface area contributed by atoms with Crippen LogP contribution in [-0.2, 0) is 6.42 Å². The summed E-state index contributed by atoms with van der Waals surface area (Å²) >= 11 is 1.17. The average Bonchev–Trinajstić information content (AvgIpc) is 3.27. The molecule has 0 spiro atoms. The third-order valence-electron chi connectivity index (χ3n) is 4.77. The van der Waals surface area contributed by atoms with Crippen molar-refractivity contribution in [3.05, 3.63) is 52.2 Å². The number of ketones is 1. The number of fused-ring (bicyclic) bond motifs is 1. The molecule has 1 aliphatic rings. The van der Waals surface area contributed by atoms with Crippen LogP contribution >= 0.6 is 11.3 Å². The molecule has 150 valence electrons. The van der Waals surface area contributed by atoms with Crippen LogP contribution in [0.25, 0.3) is 11.3 Å². The number of nitrogens with zero attached hydrogens (tertiary/aromatic N) is 1. The summed E-state index contributed by atoms with van der Waals surface area (Å²) in [6, 6.07) is 6.33. The Kier molecular flexibility index (Phi) is 5.14. The first-order valence-electron chi connectivity index (χ1n) is 8.99. The Morgan fingerprint density at radius 1 is 1.31 bits per heavy atom. The highest BCUT2D eigenvalue weighted by molar-refractivity contribution is 7.14. The van der Waals surface area contributed by atoms with Crippen LogP contribution in [0.15, 0.2) is 29.6 Å². The standard InChI is InChI=1S/C20H17F2N3O3S/c1-10-16-12(6-4-7-14(16)26)23-17(10)18(27)25-20-24-13(9-29-20)11-5-2-3-8-15(11)28-19(21)22/h2-3,5,8-9,19,23H,4,6-7H2,1H3,(H,24,25,27). The topological polar surface area (TPSA) is 84.1 Å². The van der Waals surface area contributed by atoms with Crippen molar-refractivity contribution in [2.24, 2.45) is 0 Å². The van der Waals surface area contributed by atoms with E-state index in [1.807, 2.05) is 0 Å². The smallest absolute Gasteiger partial charge is 0.387 e. The van der Waals surface area contributed by atoms with Crippen LogP contribution in [0.2, 0.25) is 0 Å². The van der Waals surface area contributed by atoms with Gasteiger partial charge in [0.1, 0.15) is 11.4 Å². The van der Waals surface area contributed by atoms with Gasteiger partial charge < -0.3 is 9.72 Å². The number of nitrogens with one attached hydrogen (secondary N) is 2. The minimum absolute atomic E-state index is 0.0112. The number of Topliss-reactive ketones (excluding diaryl/α,β-unsaturated/α-hetero) is 1. The minimum Gasteiger partial charge on any atom is -0.434 e. The number of aromatic nitrogens is 2. The Bertz CT molecular complexity index is 1090. The lowest BCUT2D eigenvalue weighted by atomic mass is 9.94. The van der Waals surface area contributed by atoms with E-state index in [2.05, 4.69) is 20.0 Å². The zero-order chi connectivity index (χ0) is 20.5. The van der Waals surface area contributed by atoms with E-state index < -0.39 is 12.5 Å². The Morgan fingerprint density at radius 2 is 2.10 bits per heavy atom. The molecule has 9 heteroatoms. The second kappa shape index (κ2) is 7.75. The number of H-pyrrole nitrogens is 1. The SMILES string of the molecule is Cc1c(C(=O)Nc2nc(-c3ccccc3OC(F)F)cs2)[nH]c2c1C(=O)CCC2. The van der Waals surface area contributed by atoms with E-state index in [1.165, 1.54) is 17.4 Å². The highest BCUT2D eigenvalue weighted by Crippen LogP contribution is 2.33. The van der Waals surface area contributed by atoms with Crippen molar-refractivity contribution in [3.8, 4) is 17.0 Å². The highest BCUT2D eigenvalue weighted by atomic mass is 32.1. The highest BCUT2D eigenvalue weighted by Gasteiger charge is 2.26. The Labute approximate surface area is 168 Å². The number of carbonyl (C=O) groups is 2. The zero-order valence-electron chi connectivity index (χ0n) is 15.4. The number of carbonyl (C=O) groups excluding carboxylic acids is 2. The van der Waals surface area contributed by atoms with Crippen LogP contribution in [0.5, 0.6) is 5.75 Å². The fourth-order valence-corrected chi connectivity index (χ4v) is 4.20. The number of para-hydroxylation sites is 1. The second-order valence-corrected chi connectivity index (χ2v) is 7.48. The molecule has 0 saturated heterocycles. The molecule has 0 fully saturated rings. The van der Waals surface area contributed by atoms with E-state index in [9.17, 15) is 18.4 Å². The van der Waals surface area contributed by atoms with Gasteiger partial charge in [-0.25, -0.2) is 4.98 Å². The maximum Gasteiger partial charge on any atom is 0.387 e. The number of hydrogen-bond acceptors (Lipinski definition) is 5. The maximum atomic E-state index is 12.7. The van der Waals surface area contributed by atoms with Crippen LogP contribution in [0.1, 0.15) is 44.9 Å². The van der Waals surface area contributed by atoms with Crippen molar-refractivity contribution < 1.29 is 23.1 Å². The summed E-state index contributed by atoms with van der Waals surface area (Å²) in [7, 11) is 0. The summed E-state index contributed by atoms with van der Waals surface area (Å²) in [5.74, 6) is -0.342. The molecular formula is C20H17F2N3O3S. The minimum atomic E-state index is -2.95. The summed E-state index contributed by atoms with van der Waals surface area (Å²) in [5, 5.41) is 4.68. The van der Waals surface area contributed by atoms with Gasteiger partial charge in [-0.3, -0.25) is 14.9 Å². The lowest BCUT2D eigenvalue weighted by molar-refractivity contribution is -0.0494. The molecule has 0 atom stereocenters. The number of alkyl halides is 2. The fourth-order valence-electron chi connectivity index (χ4n) is 3.49. The Hall–Kier alpha value is -3.07. The van der Waals surface area contributed by atoms with Gasteiger partial charge in [-0.1, -0.05) is 12.1 Å². The Morgan fingerprint density at radius 3 is 2.86 bits per heavy atom. The van der Waals surface area contributed by atoms with Crippen molar-refractivity contribution in [1.29, 1.82) is 0 Å². The molecule has 0 aliphatic heterocycles. The molecule has 29 heavy (non-hydrogen) atoms. The van der Waals surface area contributed by atoms with Crippen LogP contribution < -0.4 is 10.1 Å². The monoisotopic (exact) mass is 417 g/mol. The molecule has 4 rings (SSSR count). The van der Waals surface area contributed by atoms with E-state index in [-0.39, 0.29) is 11.5 Å². The zero-order valence-corrected chi connectivity index (χ0v) is 16.2. The summed E-state index contributed by atoms with van der Waals surface area (Å²) < 4.78 is 29.8. The number of thiazole rings is 1. The molecule has 0 unspecified atom stereocenters. The molecule has 2 N–H and O–H groups in total. The van der Waals surface area contributed by atoms with Gasteiger partial charge in [-0.15, -0.1) is 11.3 Å². The van der Waals surface area contributed by atoms with Gasteiger partial charge in [0.25, 0.3) is 5.91 Å². The first-order chi connectivity index (χ1) is 13.9. The van der Waals surface area contributed by atoms with Crippen molar-refractivity contribution in [1.82, 2.24) is 9.97 Å². The van der Waals surface area contributed by atoms with E-state index in [0.29, 0.717) is 39.6 Å². The third kappa shape index (κ3) is 3.77. The van der Waals surface area contributed by atoms with E-state index >= 15 is 0 Å². The van der Waals surface area contributed by atoms with Crippen molar-refractivity contribution in [3.63, 3.8) is 0 Å². The predicted molar refractivity (Wildman–Crippen MR) is 105 cm³/mol. The number of ether oxygens (including phenoxy) is 1. The number of amides is 1. The first-order valence-corrected chi connectivity index (χ1v) is 9.87. The summed E-state index contributed by atoms with van der Waals surface area (Å²) in [5.41, 5.74) is 3.19. The van der Waals surface area contributed by atoms with Crippen LogP contribution in [-0.4, -0.2) is 28.3 Å². The van der Waals surface area contributed by atoms with Gasteiger partial charge in [0.05, 0.1) is 5.69 Å². The molecule has 1 aromatic carbocycles. The molecule has 1 amide bonds. The predicted octanol–water partition coefficient (Wildman–Crippen LogP) is 4.82. The number of aromatic amines is 1. The van der Waals surface area contributed by atoms with E-state index in [4.69, 9.17) is 0 Å². The van der Waals surface area contributed by atoms with Gasteiger partial charge >= 0.3 is 6.61 Å². The van der Waals surface area contributed by atoms with Gasteiger partial charge in [0.2, 0.25) is 0 Å². The molecule has 6 nitrogen and oxygen atoms in total. The summed E-state index contributed by atoms with van der Waals surface area (Å²) in [4.78, 5) is 32.2. The number of aryl methyl sites for hydroxylation is 1. The number of halogens is 2. The Balaban J connectivity index is 1.56. The molecule has 3 aromatic rings. The van der Waals surface area contributed by atoms with Gasteiger partial charge in [0, 0.05) is 28.6 Å². The third-order valence-corrected chi connectivity index (χ3v) is 5.53. The van der Waals surface area contributed by atoms with Gasteiger partial charge in [-0.05, 0) is 37.5 Å². The molecule has 2 heterocycles. The first kappa shape index (κ1) is 19.3. The van der Waals surface area contributed by atoms with E-state index in [1.54, 1.807) is 30.5 Å². The van der Waals surface area contributed by atoms with Crippen molar-refractivity contribution >= 4 is 28.2 Å². The molecule has 1 aliphatic carbocycles. The average molecular weight is 417 g/mol. The number of rotatable bonds is 5. The van der Waals surface area contributed by atoms with Gasteiger partial charge in [0.15, 0.2) is 10.9 Å². The molecule has 0 saturated carbocycles. The maximum absolute atomic E-state index is 12.7. The normalized spacial score (nSPS) is 13.4. The fraction of sp³-hybridized carbons (Fsp3) is 0.250. The molecule has 0 bridgehead atoms. The van der Waals surface area contributed by atoms with Gasteiger partial charge in [-0.2, -0.15) is 8.78 Å². The van der Waals surface area contributed by atoms with Crippen LogP contribution in [0.3, 0.4) is 0 Å².